The molecule has 7 nitrogen and oxygen atoms in total. The van der Waals surface area contributed by atoms with Crippen molar-refractivity contribution in [2.45, 2.75) is 214 Å². The number of nitrogens with zero attached hydrogens (tertiary/aromatic N) is 1. The van der Waals surface area contributed by atoms with E-state index in [4.69, 9.17) is 18.5 Å². The number of likely N-dealkylation sites (N-methyl/N-ethyl adjacent to an activating group) is 1. The zero-order valence-electron chi connectivity index (χ0n) is 33.4. The Morgan fingerprint density at radius 1 is 0.469 bits per heavy atom. The van der Waals surface area contributed by atoms with Crippen LogP contribution in [0.5, 0.6) is 0 Å². The van der Waals surface area contributed by atoms with E-state index in [2.05, 4.69) is 32.6 Å². The molecule has 0 bridgehead atoms. The van der Waals surface area contributed by atoms with Gasteiger partial charge in [0.1, 0.15) is 6.10 Å². The molecule has 0 spiro atoms. The van der Waals surface area contributed by atoms with Crippen LogP contribution in [0.1, 0.15) is 207 Å². The van der Waals surface area contributed by atoms with E-state index in [0.717, 1.165) is 32.4 Å². The van der Waals surface area contributed by atoms with Crippen LogP contribution in [0.25, 0.3) is 0 Å². The molecular weight excluding hydrogens is 633 g/mol. The quantitative estimate of drug-likeness (QED) is 0.0497. The largest absolute Gasteiger partial charge is 0.472 e. The van der Waals surface area contributed by atoms with Gasteiger partial charge in [-0.1, -0.05) is 195 Å². The Balaban J connectivity index is 4.13. The summed E-state index contributed by atoms with van der Waals surface area (Å²) in [5.74, 6) is 0. The molecule has 0 rings (SSSR count). The van der Waals surface area contributed by atoms with Gasteiger partial charge in [-0.25, -0.2) is 4.57 Å². The zero-order chi connectivity index (χ0) is 35.9. The maximum atomic E-state index is 12.5. The molecule has 2 atom stereocenters. The number of phosphoric acid groups is 1. The molecule has 0 aliphatic heterocycles. The minimum Gasteiger partial charge on any atom is -0.379 e. The fourth-order valence-corrected chi connectivity index (χ4v) is 7.09. The van der Waals surface area contributed by atoms with Crippen LogP contribution in [0.3, 0.4) is 0 Å². The number of hydrogen-bond acceptors (Lipinski definition) is 6. The highest BCUT2D eigenvalue weighted by atomic mass is 31.2. The van der Waals surface area contributed by atoms with Crippen LogP contribution in [0.15, 0.2) is 0 Å². The van der Waals surface area contributed by atoms with Crippen molar-refractivity contribution >= 4 is 7.82 Å². The zero-order valence-corrected chi connectivity index (χ0v) is 34.3. The summed E-state index contributed by atoms with van der Waals surface area (Å²) in [5.41, 5.74) is 0. The molecule has 0 aromatic carbocycles. The normalized spacial score (nSPS) is 13.8. The third kappa shape index (κ3) is 37.6. The molecule has 0 saturated heterocycles. The number of hydrogen-bond donors (Lipinski definition) is 1. The van der Waals surface area contributed by atoms with Crippen molar-refractivity contribution in [3.8, 4) is 0 Å². The van der Waals surface area contributed by atoms with Gasteiger partial charge in [-0.2, -0.15) is 0 Å². The van der Waals surface area contributed by atoms with Gasteiger partial charge >= 0.3 is 7.82 Å². The van der Waals surface area contributed by atoms with Crippen LogP contribution in [0.2, 0.25) is 0 Å². The van der Waals surface area contributed by atoms with Crippen molar-refractivity contribution in [3.05, 3.63) is 0 Å². The Morgan fingerprint density at radius 3 is 1.22 bits per heavy atom. The third-order valence-electron chi connectivity index (χ3n) is 9.78. The molecule has 0 aromatic rings. The number of phosphoric ester groups is 1. The fraction of sp³-hybridized carbons (Fsp3) is 1.00. The van der Waals surface area contributed by atoms with Crippen LogP contribution in [0.4, 0.5) is 0 Å². The molecule has 0 fully saturated rings. The molecule has 296 valence electrons. The number of ether oxygens (including phenoxy) is 2. The summed E-state index contributed by atoms with van der Waals surface area (Å²) in [6, 6.07) is 0. The first-order valence-electron chi connectivity index (χ1n) is 21.5. The van der Waals surface area contributed by atoms with Crippen molar-refractivity contribution < 1.29 is 28.0 Å². The highest BCUT2D eigenvalue weighted by Gasteiger charge is 2.24. The summed E-state index contributed by atoms with van der Waals surface area (Å²) >= 11 is 0. The lowest BCUT2D eigenvalue weighted by atomic mass is 10.0. The van der Waals surface area contributed by atoms with Crippen LogP contribution < -0.4 is 0 Å². The fourth-order valence-electron chi connectivity index (χ4n) is 6.34. The van der Waals surface area contributed by atoms with E-state index in [9.17, 15) is 9.46 Å². The first-order chi connectivity index (χ1) is 24.0. The molecule has 1 N–H and O–H groups in total. The van der Waals surface area contributed by atoms with E-state index in [-0.39, 0.29) is 19.3 Å². The molecule has 8 heteroatoms. The van der Waals surface area contributed by atoms with Gasteiger partial charge < -0.3 is 19.3 Å². The Kier molecular flexibility index (Phi) is 39.2. The molecule has 0 aromatic heterocycles. The van der Waals surface area contributed by atoms with Gasteiger partial charge in [-0.15, -0.1) is 0 Å². The highest BCUT2D eigenvalue weighted by Crippen LogP contribution is 2.43. The predicted octanol–water partition coefficient (Wildman–Crippen LogP) is 12.8. The van der Waals surface area contributed by atoms with E-state index in [1.807, 2.05) is 0 Å². The summed E-state index contributed by atoms with van der Waals surface area (Å²) in [6.45, 7) is 12.9. The smallest absolute Gasteiger partial charge is 0.379 e. The van der Waals surface area contributed by atoms with E-state index in [0.29, 0.717) is 26.4 Å². The molecule has 0 saturated carbocycles. The van der Waals surface area contributed by atoms with Crippen LogP contribution in [0, 0.1) is 0 Å². The van der Waals surface area contributed by atoms with Crippen molar-refractivity contribution in [1.82, 2.24) is 4.90 Å². The summed E-state index contributed by atoms with van der Waals surface area (Å²) in [4.78, 5) is 12.4. The Labute approximate surface area is 306 Å². The molecule has 2 unspecified atom stereocenters. The lowest BCUT2D eigenvalue weighted by Gasteiger charge is -2.21. The van der Waals surface area contributed by atoms with E-state index < -0.39 is 7.82 Å². The average Bonchev–Trinajstić information content (AvgIpc) is 3.10. The van der Waals surface area contributed by atoms with Gasteiger partial charge in [-0.05, 0) is 25.9 Å². The summed E-state index contributed by atoms with van der Waals surface area (Å²) < 4.78 is 35.2. The third-order valence-corrected chi connectivity index (χ3v) is 10.8. The first-order valence-corrected chi connectivity index (χ1v) is 23.0. The lowest BCUT2D eigenvalue weighted by molar-refractivity contribution is -0.0445. The number of unbranched alkanes of at least 4 members (excludes halogenated alkanes) is 26. The van der Waals surface area contributed by atoms with Crippen molar-refractivity contribution in [2.75, 3.05) is 52.7 Å². The summed E-state index contributed by atoms with van der Waals surface area (Å²) in [6.07, 6.45) is 36.9. The van der Waals surface area contributed by atoms with Crippen molar-refractivity contribution in [3.63, 3.8) is 0 Å². The van der Waals surface area contributed by atoms with Crippen LogP contribution in [-0.2, 0) is 23.1 Å². The highest BCUT2D eigenvalue weighted by molar-refractivity contribution is 7.47. The molecule has 0 aliphatic rings. The SMILES string of the molecule is CCCCCCCCCCCCCCCCOCC(COP(=O)(O)OCCN(CC)CC)OCCCCCCCCCCCCCCCC. The second-order valence-corrected chi connectivity index (χ2v) is 15.8. The Morgan fingerprint density at radius 2 is 0.837 bits per heavy atom. The topological polar surface area (TPSA) is 77.5 Å². The minimum atomic E-state index is -4.14. The molecule has 0 aliphatic carbocycles. The van der Waals surface area contributed by atoms with Gasteiger partial charge in [0.05, 0.1) is 19.8 Å². The Bertz CT molecular complexity index is 680. The maximum Gasteiger partial charge on any atom is 0.472 e. The molecule has 0 radical (unpaired) electrons. The lowest BCUT2D eigenvalue weighted by Crippen LogP contribution is -2.28. The van der Waals surface area contributed by atoms with Gasteiger partial charge in [0, 0.05) is 19.8 Å². The average molecular weight is 720 g/mol. The first kappa shape index (κ1) is 49.0. The van der Waals surface area contributed by atoms with Crippen molar-refractivity contribution in [2.24, 2.45) is 0 Å². The monoisotopic (exact) mass is 720 g/mol. The van der Waals surface area contributed by atoms with Gasteiger partial charge in [-0.3, -0.25) is 9.05 Å². The minimum absolute atomic E-state index is 0.00358. The molecular formula is C41H86NO6P. The Hall–Kier alpha value is -0.0100. The van der Waals surface area contributed by atoms with Gasteiger partial charge in [0.2, 0.25) is 0 Å². The number of rotatable bonds is 42. The second-order valence-electron chi connectivity index (χ2n) is 14.4. The van der Waals surface area contributed by atoms with Crippen molar-refractivity contribution in [1.29, 1.82) is 0 Å². The van der Waals surface area contributed by atoms with Gasteiger partial charge in [0.25, 0.3) is 0 Å². The molecule has 0 heterocycles. The van der Waals surface area contributed by atoms with E-state index in [1.54, 1.807) is 0 Å². The molecule has 0 amide bonds. The summed E-state index contributed by atoms with van der Waals surface area (Å²) in [5, 5.41) is 0. The van der Waals surface area contributed by atoms with Crippen LogP contribution >= 0.6 is 7.82 Å². The van der Waals surface area contributed by atoms with E-state index >= 15 is 0 Å². The predicted molar refractivity (Wildman–Crippen MR) is 211 cm³/mol. The van der Waals surface area contributed by atoms with E-state index in [1.165, 1.54) is 161 Å². The second kappa shape index (κ2) is 39.2. The van der Waals surface area contributed by atoms with Crippen LogP contribution in [-0.4, -0.2) is 68.6 Å². The summed E-state index contributed by atoms with van der Waals surface area (Å²) in [7, 11) is -4.14. The maximum absolute atomic E-state index is 12.5. The molecule has 49 heavy (non-hydrogen) atoms. The van der Waals surface area contributed by atoms with Gasteiger partial charge in [0.15, 0.2) is 0 Å². The standard InChI is InChI=1S/C41H86NO6P/c1-5-9-11-13-15-17-19-21-23-25-27-29-31-33-36-45-39-41(40-48-49(43,44)47-38-35-42(7-3)8-4)46-37-34-32-30-28-26-24-22-20-18-16-14-12-10-6-2/h41H,5-40H2,1-4H3,(H,43,44).